The van der Waals surface area contributed by atoms with Gasteiger partial charge >= 0.3 is 0 Å². The second-order valence-electron chi connectivity index (χ2n) is 7.60. The van der Waals surface area contributed by atoms with Crippen molar-refractivity contribution in [1.29, 1.82) is 0 Å². The van der Waals surface area contributed by atoms with Crippen LogP contribution in [0.5, 0.6) is 0 Å². The molecule has 2 aromatic carbocycles. The Morgan fingerprint density at radius 2 is 1.97 bits per heavy atom. The molecule has 2 amide bonds. The number of thioether (sulfide) groups is 1. The molecule has 0 saturated carbocycles. The molecular weight excluding hydrogens is 396 g/mol. The third-order valence-electron chi connectivity index (χ3n) is 5.70. The first-order chi connectivity index (χ1) is 14.6. The maximum atomic E-state index is 13.4. The summed E-state index contributed by atoms with van der Waals surface area (Å²) in [5.74, 6) is 0.598. The van der Waals surface area contributed by atoms with Crippen LogP contribution < -0.4 is 4.90 Å². The zero-order valence-electron chi connectivity index (χ0n) is 16.9. The SMILES string of the molecule is CCC(SC1=Nc2ccccc2C2=NC(C)C(=O)N12)C(=O)N1CCc2ccccc21. The molecule has 0 saturated heterocycles. The Bertz CT molecular complexity index is 1110. The summed E-state index contributed by atoms with van der Waals surface area (Å²) in [5.41, 5.74) is 3.83. The van der Waals surface area contributed by atoms with E-state index in [0.29, 0.717) is 24.0 Å². The van der Waals surface area contributed by atoms with Crippen LogP contribution in [-0.4, -0.2) is 45.6 Å². The Labute approximate surface area is 179 Å². The highest BCUT2D eigenvalue weighted by atomic mass is 32.2. The van der Waals surface area contributed by atoms with Crippen molar-refractivity contribution in [3.8, 4) is 0 Å². The summed E-state index contributed by atoms with van der Waals surface area (Å²) < 4.78 is 0. The molecule has 0 N–H and O–H groups in total. The van der Waals surface area contributed by atoms with Crippen molar-refractivity contribution >= 4 is 46.0 Å². The molecule has 3 aliphatic rings. The fraction of sp³-hybridized carbons (Fsp3) is 0.304. The van der Waals surface area contributed by atoms with Crippen molar-refractivity contribution in [1.82, 2.24) is 4.90 Å². The van der Waals surface area contributed by atoms with E-state index >= 15 is 0 Å². The lowest BCUT2D eigenvalue weighted by Gasteiger charge is -2.29. The number of para-hydroxylation sites is 2. The number of nitrogens with zero attached hydrogens (tertiary/aromatic N) is 4. The van der Waals surface area contributed by atoms with Gasteiger partial charge in [0.2, 0.25) is 5.91 Å². The van der Waals surface area contributed by atoms with Gasteiger partial charge in [-0.1, -0.05) is 49.0 Å². The first kappa shape index (κ1) is 19.1. The number of aliphatic imine (C=N–C) groups is 2. The molecule has 30 heavy (non-hydrogen) atoms. The molecule has 5 rings (SSSR count). The van der Waals surface area contributed by atoms with Crippen molar-refractivity contribution in [3.63, 3.8) is 0 Å². The van der Waals surface area contributed by atoms with Crippen LogP contribution in [0.1, 0.15) is 31.4 Å². The number of fused-ring (bicyclic) bond motifs is 4. The lowest BCUT2D eigenvalue weighted by Crippen LogP contribution is -2.43. The van der Waals surface area contributed by atoms with E-state index in [1.54, 1.807) is 11.8 Å². The monoisotopic (exact) mass is 418 g/mol. The number of carbonyl (C=O) groups excluding carboxylic acids is 2. The van der Waals surface area contributed by atoms with Gasteiger partial charge in [0.15, 0.2) is 5.17 Å². The van der Waals surface area contributed by atoms with Gasteiger partial charge in [0, 0.05) is 17.8 Å². The zero-order chi connectivity index (χ0) is 20.8. The number of hydrogen-bond donors (Lipinski definition) is 0. The third kappa shape index (κ3) is 2.96. The predicted molar refractivity (Wildman–Crippen MR) is 121 cm³/mol. The smallest absolute Gasteiger partial charge is 0.258 e. The lowest BCUT2D eigenvalue weighted by atomic mass is 10.1. The van der Waals surface area contributed by atoms with Crippen molar-refractivity contribution in [3.05, 3.63) is 59.7 Å². The van der Waals surface area contributed by atoms with Gasteiger partial charge in [-0.05, 0) is 43.5 Å². The van der Waals surface area contributed by atoms with Gasteiger partial charge in [-0.2, -0.15) is 0 Å². The van der Waals surface area contributed by atoms with Crippen molar-refractivity contribution in [2.45, 2.75) is 38.0 Å². The molecule has 152 valence electrons. The highest BCUT2D eigenvalue weighted by molar-refractivity contribution is 8.15. The molecule has 0 bridgehead atoms. The van der Waals surface area contributed by atoms with E-state index < -0.39 is 6.04 Å². The number of amides is 2. The molecule has 0 aromatic heterocycles. The zero-order valence-corrected chi connectivity index (χ0v) is 17.7. The van der Waals surface area contributed by atoms with Crippen LogP contribution >= 0.6 is 11.8 Å². The van der Waals surface area contributed by atoms with E-state index in [0.717, 1.165) is 23.4 Å². The summed E-state index contributed by atoms with van der Waals surface area (Å²) in [5, 5.41) is 0.208. The van der Waals surface area contributed by atoms with E-state index in [2.05, 4.69) is 11.1 Å². The van der Waals surface area contributed by atoms with Gasteiger partial charge < -0.3 is 4.90 Å². The van der Waals surface area contributed by atoms with Gasteiger partial charge in [0.25, 0.3) is 5.91 Å². The predicted octanol–water partition coefficient (Wildman–Crippen LogP) is 3.77. The maximum absolute atomic E-state index is 13.4. The molecule has 2 unspecified atom stereocenters. The molecule has 0 spiro atoms. The molecule has 3 aliphatic heterocycles. The molecule has 3 heterocycles. The van der Waals surface area contributed by atoms with Crippen molar-refractivity contribution in [2.75, 3.05) is 11.4 Å². The molecule has 2 aromatic rings. The quantitative estimate of drug-likeness (QED) is 0.762. The molecule has 6 nitrogen and oxygen atoms in total. The lowest BCUT2D eigenvalue weighted by molar-refractivity contribution is -0.124. The van der Waals surface area contributed by atoms with Crippen LogP contribution in [0.15, 0.2) is 58.5 Å². The minimum absolute atomic E-state index is 0.0622. The second kappa shape index (κ2) is 7.40. The number of anilines is 1. The summed E-state index contributed by atoms with van der Waals surface area (Å²) >= 11 is 1.36. The summed E-state index contributed by atoms with van der Waals surface area (Å²) in [6, 6.07) is 15.3. The fourth-order valence-corrected chi connectivity index (χ4v) is 5.21. The van der Waals surface area contributed by atoms with Gasteiger partial charge in [-0.25, -0.2) is 9.89 Å². The van der Waals surface area contributed by atoms with Crippen LogP contribution in [0, 0.1) is 0 Å². The number of carbonyl (C=O) groups is 2. The highest BCUT2D eigenvalue weighted by Gasteiger charge is 2.41. The van der Waals surface area contributed by atoms with Crippen LogP contribution in [0.2, 0.25) is 0 Å². The van der Waals surface area contributed by atoms with Gasteiger partial charge in [0.05, 0.1) is 10.9 Å². The normalized spacial score (nSPS) is 20.3. The van der Waals surface area contributed by atoms with Gasteiger partial charge in [0.1, 0.15) is 11.9 Å². The average Bonchev–Trinajstić information content (AvgIpc) is 3.33. The Morgan fingerprint density at radius 1 is 1.20 bits per heavy atom. The second-order valence-corrected chi connectivity index (χ2v) is 8.77. The number of rotatable bonds is 3. The van der Waals surface area contributed by atoms with Gasteiger partial charge in [-0.3, -0.25) is 14.6 Å². The summed E-state index contributed by atoms with van der Waals surface area (Å²) in [7, 11) is 0. The Kier molecular flexibility index (Phi) is 4.70. The fourth-order valence-electron chi connectivity index (χ4n) is 4.13. The average molecular weight is 419 g/mol. The molecule has 0 radical (unpaired) electrons. The number of benzene rings is 2. The van der Waals surface area contributed by atoms with Crippen LogP contribution in [-0.2, 0) is 16.0 Å². The molecule has 0 aliphatic carbocycles. The molecule has 2 atom stereocenters. The summed E-state index contributed by atoms with van der Waals surface area (Å²) in [6.07, 6.45) is 1.52. The van der Waals surface area contributed by atoms with Gasteiger partial charge in [-0.15, -0.1) is 0 Å². The number of amidine groups is 2. The largest absolute Gasteiger partial charge is 0.311 e. The highest BCUT2D eigenvalue weighted by Crippen LogP contribution is 2.36. The maximum Gasteiger partial charge on any atom is 0.258 e. The third-order valence-corrected chi connectivity index (χ3v) is 7.01. The first-order valence-corrected chi connectivity index (χ1v) is 11.1. The van der Waals surface area contributed by atoms with E-state index in [1.807, 2.05) is 54.3 Å². The standard InChI is InChI=1S/C23H22N4O2S/c1-3-19(22(29)26-13-12-15-8-4-7-11-18(15)26)30-23-25-17-10-6-5-9-16(17)20-24-14(2)21(28)27(20)23/h4-11,14,19H,3,12-13H2,1-2H3. The molecule has 0 fully saturated rings. The minimum atomic E-state index is -0.446. The summed E-state index contributed by atoms with van der Waals surface area (Å²) in [4.78, 5) is 39.0. The van der Waals surface area contributed by atoms with Crippen molar-refractivity contribution < 1.29 is 9.59 Å². The van der Waals surface area contributed by atoms with E-state index in [1.165, 1.54) is 17.3 Å². The van der Waals surface area contributed by atoms with E-state index in [-0.39, 0.29) is 17.1 Å². The topological polar surface area (TPSA) is 65.3 Å². The van der Waals surface area contributed by atoms with E-state index in [4.69, 9.17) is 4.99 Å². The molecule has 7 heteroatoms. The van der Waals surface area contributed by atoms with Crippen molar-refractivity contribution in [2.24, 2.45) is 9.98 Å². The Hall–Kier alpha value is -2.93. The van der Waals surface area contributed by atoms with Crippen LogP contribution in [0.25, 0.3) is 0 Å². The Balaban J connectivity index is 1.47. The first-order valence-electron chi connectivity index (χ1n) is 10.2. The summed E-state index contributed by atoms with van der Waals surface area (Å²) in [6.45, 7) is 4.48. The molecular formula is C23H22N4O2S. The number of hydrogen-bond acceptors (Lipinski definition) is 5. The van der Waals surface area contributed by atoms with Crippen LogP contribution in [0.3, 0.4) is 0 Å². The van der Waals surface area contributed by atoms with E-state index in [9.17, 15) is 9.59 Å². The Morgan fingerprint density at radius 3 is 2.80 bits per heavy atom. The van der Waals surface area contributed by atoms with Crippen LogP contribution in [0.4, 0.5) is 11.4 Å². The minimum Gasteiger partial charge on any atom is -0.311 e.